The van der Waals surface area contributed by atoms with Gasteiger partial charge in [0.05, 0.1) is 12.5 Å². The Hall–Kier alpha value is -1.49. The lowest BCUT2D eigenvalue weighted by Gasteiger charge is -2.31. The Morgan fingerprint density at radius 2 is 1.82 bits per heavy atom. The van der Waals surface area contributed by atoms with Gasteiger partial charge in [0, 0.05) is 6.07 Å². The van der Waals surface area contributed by atoms with Crippen molar-refractivity contribution in [2.24, 2.45) is 5.92 Å². The molecule has 1 aliphatic heterocycles. The first-order valence-corrected chi connectivity index (χ1v) is 7.82. The first-order chi connectivity index (χ1) is 10.5. The van der Waals surface area contributed by atoms with Crippen molar-refractivity contribution >= 4 is 5.97 Å². The Morgan fingerprint density at radius 1 is 1.23 bits per heavy atom. The smallest absolute Gasteiger partial charge is 0.306 e. The third kappa shape index (κ3) is 4.77. The largest absolute Gasteiger partial charge is 0.463 e. The molecule has 1 N–H and O–H groups in total. The normalized spacial score (nSPS) is 17.5. The third-order valence-electron chi connectivity index (χ3n) is 4.02. The first kappa shape index (κ1) is 16.9. The first-order valence-electron chi connectivity index (χ1n) is 7.82. The van der Waals surface area contributed by atoms with Crippen LogP contribution >= 0.6 is 0 Å². The lowest BCUT2D eigenvalue weighted by atomic mass is 9.78. The molecule has 1 aromatic carbocycles. The molecular formula is C17H23F2NO2. The minimum absolute atomic E-state index is 0.158. The zero-order valence-corrected chi connectivity index (χ0v) is 13.1. The Labute approximate surface area is 130 Å². The summed E-state index contributed by atoms with van der Waals surface area (Å²) in [5.41, 5.74) is 0.546. The number of ether oxygens (including phenoxy) is 1. The maximum absolute atomic E-state index is 13.5. The van der Waals surface area contributed by atoms with E-state index < -0.39 is 11.6 Å². The molecule has 0 unspecified atom stereocenters. The van der Waals surface area contributed by atoms with Crippen molar-refractivity contribution in [3.63, 3.8) is 0 Å². The number of halogens is 2. The Balaban J connectivity index is 2.21. The molecule has 1 saturated heterocycles. The van der Waals surface area contributed by atoms with Crippen LogP contribution in [0, 0.1) is 17.6 Å². The van der Waals surface area contributed by atoms with E-state index in [1.165, 1.54) is 12.1 Å². The van der Waals surface area contributed by atoms with Crippen LogP contribution in [0.15, 0.2) is 18.2 Å². The van der Waals surface area contributed by atoms with E-state index in [0.717, 1.165) is 32.0 Å². The zero-order valence-electron chi connectivity index (χ0n) is 13.1. The van der Waals surface area contributed by atoms with E-state index in [1.54, 1.807) is 13.8 Å². The van der Waals surface area contributed by atoms with E-state index in [0.29, 0.717) is 5.56 Å². The summed E-state index contributed by atoms with van der Waals surface area (Å²) in [6, 6.07) is 3.52. The molecule has 2 rings (SSSR count). The molecule has 5 heteroatoms. The predicted molar refractivity (Wildman–Crippen MR) is 80.5 cm³/mol. The molecule has 0 spiro atoms. The number of hydrogen-bond acceptors (Lipinski definition) is 3. The fraction of sp³-hybridized carbons (Fsp3) is 0.588. The van der Waals surface area contributed by atoms with Crippen molar-refractivity contribution in [1.82, 2.24) is 5.32 Å². The van der Waals surface area contributed by atoms with Crippen LogP contribution in [0.3, 0.4) is 0 Å². The molecule has 3 nitrogen and oxygen atoms in total. The number of piperidine rings is 1. The van der Waals surface area contributed by atoms with Gasteiger partial charge < -0.3 is 10.1 Å². The molecule has 1 aliphatic rings. The standard InChI is InChI=1S/C17H23F2NO2/c1-11(2)22-17(21)10-16(12-3-5-20-6-4-12)13-7-14(18)9-15(19)8-13/h7-9,11-12,16,20H,3-6,10H2,1-2H3/t16-/m1/s1. The van der Waals surface area contributed by atoms with Gasteiger partial charge in [-0.15, -0.1) is 0 Å². The summed E-state index contributed by atoms with van der Waals surface area (Å²) in [6.07, 6.45) is 1.74. The van der Waals surface area contributed by atoms with Gasteiger partial charge in [0.25, 0.3) is 0 Å². The van der Waals surface area contributed by atoms with Crippen LogP contribution < -0.4 is 5.32 Å². The van der Waals surface area contributed by atoms with E-state index in [9.17, 15) is 13.6 Å². The van der Waals surface area contributed by atoms with Gasteiger partial charge in [-0.05, 0) is 69.3 Å². The molecule has 0 amide bonds. The van der Waals surface area contributed by atoms with E-state index in [4.69, 9.17) is 4.74 Å². The van der Waals surface area contributed by atoms with Crippen molar-refractivity contribution in [3.05, 3.63) is 35.4 Å². The maximum atomic E-state index is 13.5. The van der Waals surface area contributed by atoms with Crippen LogP contribution in [-0.2, 0) is 9.53 Å². The van der Waals surface area contributed by atoms with Gasteiger partial charge in [-0.2, -0.15) is 0 Å². The maximum Gasteiger partial charge on any atom is 0.306 e. The molecule has 1 fully saturated rings. The molecule has 0 aliphatic carbocycles. The van der Waals surface area contributed by atoms with Crippen LogP contribution in [-0.4, -0.2) is 25.2 Å². The minimum atomic E-state index is -0.605. The highest BCUT2D eigenvalue weighted by Crippen LogP contribution is 2.35. The van der Waals surface area contributed by atoms with E-state index in [1.807, 2.05) is 0 Å². The Morgan fingerprint density at radius 3 is 2.36 bits per heavy atom. The second-order valence-electron chi connectivity index (χ2n) is 6.14. The Bertz CT molecular complexity index is 493. The van der Waals surface area contributed by atoms with Crippen LogP contribution in [0.2, 0.25) is 0 Å². The van der Waals surface area contributed by atoms with Gasteiger partial charge >= 0.3 is 5.97 Å². The lowest BCUT2D eigenvalue weighted by molar-refractivity contribution is -0.148. The number of hydrogen-bond donors (Lipinski definition) is 1. The van der Waals surface area contributed by atoms with Crippen molar-refractivity contribution in [3.8, 4) is 0 Å². The molecular weight excluding hydrogens is 288 g/mol. The van der Waals surface area contributed by atoms with Crippen molar-refractivity contribution in [1.29, 1.82) is 0 Å². The average molecular weight is 311 g/mol. The van der Waals surface area contributed by atoms with Gasteiger partial charge in [0.1, 0.15) is 11.6 Å². The summed E-state index contributed by atoms with van der Waals surface area (Å²) in [5, 5.41) is 3.27. The van der Waals surface area contributed by atoms with Crippen molar-refractivity contribution in [2.45, 2.75) is 45.1 Å². The summed E-state index contributed by atoms with van der Waals surface area (Å²) in [7, 11) is 0. The molecule has 1 heterocycles. The van der Waals surface area contributed by atoms with Gasteiger partial charge in [0.15, 0.2) is 0 Å². The zero-order chi connectivity index (χ0) is 16.1. The topological polar surface area (TPSA) is 38.3 Å². The lowest BCUT2D eigenvalue weighted by Crippen LogP contribution is -2.32. The van der Waals surface area contributed by atoms with Crippen LogP contribution in [0.1, 0.15) is 44.6 Å². The van der Waals surface area contributed by atoms with Gasteiger partial charge in [0.2, 0.25) is 0 Å². The highest BCUT2D eigenvalue weighted by Gasteiger charge is 2.28. The fourth-order valence-corrected chi connectivity index (χ4v) is 3.08. The summed E-state index contributed by atoms with van der Waals surface area (Å²) < 4.78 is 32.3. The van der Waals surface area contributed by atoms with E-state index >= 15 is 0 Å². The molecule has 1 aromatic rings. The number of esters is 1. The SMILES string of the molecule is CC(C)OC(=O)C[C@@H](c1cc(F)cc(F)c1)C1CCNCC1. The summed E-state index contributed by atoms with van der Waals surface area (Å²) in [4.78, 5) is 12.0. The summed E-state index contributed by atoms with van der Waals surface area (Å²) in [6.45, 7) is 5.30. The summed E-state index contributed by atoms with van der Waals surface area (Å²) in [5.74, 6) is -1.51. The highest BCUT2D eigenvalue weighted by molar-refractivity contribution is 5.70. The molecule has 1 atom stereocenters. The number of rotatable bonds is 5. The number of carbonyl (C=O) groups excluding carboxylic acids is 1. The molecule has 0 aromatic heterocycles. The van der Waals surface area contributed by atoms with E-state index in [-0.39, 0.29) is 30.3 Å². The number of carbonyl (C=O) groups is 1. The third-order valence-corrected chi connectivity index (χ3v) is 4.02. The van der Waals surface area contributed by atoms with Gasteiger partial charge in [-0.25, -0.2) is 8.78 Å². The highest BCUT2D eigenvalue weighted by atomic mass is 19.1. The van der Waals surface area contributed by atoms with Gasteiger partial charge in [-0.1, -0.05) is 0 Å². The molecule has 22 heavy (non-hydrogen) atoms. The van der Waals surface area contributed by atoms with E-state index in [2.05, 4.69) is 5.32 Å². The predicted octanol–water partition coefficient (Wildman–Crippen LogP) is 3.39. The molecule has 0 bridgehead atoms. The molecule has 122 valence electrons. The van der Waals surface area contributed by atoms with Crippen LogP contribution in [0.4, 0.5) is 8.78 Å². The monoisotopic (exact) mass is 311 g/mol. The number of nitrogens with one attached hydrogen (secondary N) is 1. The summed E-state index contributed by atoms with van der Waals surface area (Å²) >= 11 is 0. The molecule has 0 saturated carbocycles. The second-order valence-corrected chi connectivity index (χ2v) is 6.14. The average Bonchev–Trinajstić information content (AvgIpc) is 2.44. The molecule has 0 radical (unpaired) electrons. The van der Waals surface area contributed by atoms with Crippen LogP contribution in [0.5, 0.6) is 0 Å². The fourth-order valence-electron chi connectivity index (χ4n) is 3.08. The second kappa shape index (κ2) is 7.68. The minimum Gasteiger partial charge on any atom is -0.463 e. The number of benzene rings is 1. The van der Waals surface area contributed by atoms with Gasteiger partial charge in [-0.3, -0.25) is 4.79 Å². The van der Waals surface area contributed by atoms with Crippen molar-refractivity contribution in [2.75, 3.05) is 13.1 Å². The van der Waals surface area contributed by atoms with Crippen molar-refractivity contribution < 1.29 is 18.3 Å². The van der Waals surface area contributed by atoms with Crippen LogP contribution in [0.25, 0.3) is 0 Å². The Kier molecular flexibility index (Phi) is 5.89. The quantitative estimate of drug-likeness (QED) is 0.847.